The number of imidazole rings is 1. The van der Waals surface area contributed by atoms with Crippen molar-refractivity contribution >= 4 is 17.1 Å². The molecule has 3 N–H and O–H groups in total. The molecule has 5 rings (SSSR count). The second-order valence-corrected chi connectivity index (χ2v) is 9.06. The lowest BCUT2D eigenvalue weighted by Gasteiger charge is -2.16. The van der Waals surface area contributed by atoms with Gasteiger partial charge in [0.1, 0.15) is 5.65 Å². The lowest BCUT2D eigenvalue weighted by molar-refractivity contribution is 0.0966. The Hall–Kier alpha value is -4.08. The molecule has 2 aromatic heterocycles. The van der Waals surface area contributed by atoms with Gasteiger partial charge in [-0.25, -0.2) is 4.98 Å². The summed E-state index contributed by atoms with van der Waals surface area (Å²) in [6.45, 7) is 6.67. The Balaban J connectivity index is 0.000000438. The summed E-state index contributed by atoms with van der Waals surface area (Å²) in [6.07, 6.45) is 11.9. The van der Waals surface area contributed by atoms with Gasteiger partial charge in [0.05, 0.1) is 32.7 Å². The third-order valence-corrected chi connectivity index (χ3v) is 6.53. The molecule has 1 saturated heterocycles. The van der Waals surface area contributed by atoms with Crippen molar-refractivity contribution in [3.63, 3.8) is 0 Å². The summed E-state index contributed by atoms with van der Waals surface area (Å²) in [6, 6.07) is 9.14. The van der Waals surface area contributed by atoms with Crippen LogP contribution in [-0.4, -0.2) is 62.8 Å². The monoisotopic (exact) mass is 531 g/mol. The molecule has 0 saturated carbocycles. The number of methoxy groups -OCH3 is 3. The molecule has 2 aliphatic rings. The van der Waals surface area contributed by atoms with Gasteiger partial charge in [0.15, 0.2) is 11.5 Å². The van der Waals surface area contributed by atoms with Crippen LogP contribution in [-0.2, 0) is 0 Å². The van der Waals surface area contributed by atoms with Crippen LogP contribution >= 0.6 is 0 Å². The van der Waals surface area contributed by atoms with Gasteiger partial charge in [-0.05, 0) is 63.2 Å². The molecular formula is C30H37N5O4. The van der Waals surface area contributed by atoms with Crippen LogP contribution in [0.3, 0.4) is 0 Å². The molecule has 0 spiro atoms. The number of hydrogen-bond donors (Lipinski definition) is 3. The maximum atomic E-state index is 13.2. The van der Waals surface area contributed by atoms with Gasteiger partial charge in [-0.15, -0.1) is 0 Å². The van der Waals surface area contributed by atoms with Gasteiger partial charge in [-0.1, -0.05) is 24.3 Å². The number of ether oxygens (including phenoxy) is 3. The summed E-state index contributed by atoms with van der Waals surface area (Å²) in [5, 5.41) is 9.61. The van der Waals surface area contributed by atoms with Crippen molar-refractivity contribution in [1.29, 1.82) is 0 Å². The molecule has 0 radical (unpaired) electrons. The van der Waals surface area contributed by atoms with Gasteiger partial charge in [-0.3, -0.25) is 4.79 Å². The van der Waals surface area contributed by atoms with E-state index >= 15 is 0 Å². The van der Waals surface area contributed by atoms with Crippen LogP contribution in [0.5, 0.6) is 17.2 Å². The van der Waals surface area contributed by atoms with Crippen LogP contribution in [0.1, 0.15) is 34.6 Å². The first-order valence-electron chi connectivity index (χ1n) is 13.1. The van der Waals surface area contributed by atoms with Crippen molar-refractivity contribution in [1.82, 2.24) is 25.3 Å². The normalized spacial score (nSPS) is 15.2. The van der Waals surface area contributed by atoms with Gasteiger partial charge < -0.3 is 34.6 Å². The zero-order valence-corrected chi connectivity index (χ0v) is 23.0. The molecule has 1 aliphatic carbocycles. The minimum atomic E-state index is -0.293. The van der Waals surface area contributed by atoms with E-state index in [0.29, 0.717) is 28.5 Å². The Labute approximate surface area is 229 Å². The van der Waals surface area contributed by atoms with Crippen LogP contribution in [0.2, 0.25) is 0 Å². The Morgan fingerprint density at radius 1 is 1.00 bits per heavy atom. The average Bonchev–Trinajstić information content (AvgIpc) is 3.22. The van der Waals surface area contributed by atoms with Crippen LogP contribution in [0, 0.1) is 6.92 Å². The number of hydrogen-bond acceptors (Lipinski definition) is 7. The molecule has 1 aromatic carbocycles. The maximum Gasteiger partial charge on any atom is 0.255 e. The molecule has 9 heteroatoms. The number of amides is 1. The summed E-state index contributed by atoms with van der Waals surface area (Å²) in [5.41, 5.74) is 4.62. The molecule has 39 heavy (non-hydrogen) atoms. The van der Waals surface area contributed by atoms with Crippen LogP contribution in [0.25, 0.3) is 11.2 Å². The highest BCUT2D eigenvalue weighted by Gasteiger charge is 2.21. The van der Waals surface area contributed by atoms with Gasteiger partial charge in [0, 0.05) is 36.1 Å². The average molecular weight is 532 g/mol. The molecule has 3 aromatic rings. The number of fused-ring (bicyclic) bond motifs is 1. The van der Waals surface area contributed by atoms with E-state index in [1.165, 1.54) is 40.8 Å². The first-order chi connectivity index (χ1) is 19.1. The number of allylic oxidation sites excluding steroid dienone is 5. The standard InChI is InChI=1S/C25H25N3O4.C5H12N2/c1-16-23(27-22-12-8-9-13-28(16)22)18-10-6-5-7-11-19(18)26-25(29)17-14-20(30-2)24(32-4)21(15-17)31-3;1-2-6-4-5-7-3-1/h5,7-15H,6H2,1-4H3,(H,26,29);6-7H,1-5H2. The van der Waals surface area contributed by atoms with E-state index in [2.05, 4.69) is 22.0 Å². The van der Waals surface area contributed by atoms with E-state index in [-0.39, 0.29) is 5.91 Å². The van der Waals surface area contributed by atoms with Crippen LogP contribution in [0.4, 0.5) is 0 Å². The molecule has 0 bridgehead atoms. The van der Waals surface area contributed by atoms with Crippen molar-refractivity contribution in [3.05, 3.63) is 83.5 Å². The minimum absolute atomic E-state index is 0.293. The van der Waals surface area contributed by atoms with Crippen molar-refractivity contribution in [2.75, 3.05) is 47.5 Å². The molecule has 206 valence electrons. The van der Waals surface area contributed by atoms with E-state index in [1.807, 2.05) is 53.9 Å². The Bertz CT molecular complexity index is 1340. The highest BCUT2D eigenvalue weighted by atomic mass is 16.5. The largest absolute Gasteiger partial charge is 0.493 e. The van der Waals surface area contributed by atoms with Gasteiger partial charge in [-0.2, -0.15) is 0 Å². The maximum absolute atomic E-state index is 13.2. The van der Waals surface area contributed by atoms with Gasteiger partial charge >= 0.3 is 0 Å². The van der Waals surface area contributed by atoms with E-state index in [4.69, 9.17) is 19.2 Å². The van der Waals surface area contributed by atoms with E-state index in [0.717, 1.165) is 42.1 Å². The zero-order valence-electron chi connectivity index (χ0n) is 23.0. The molecule has 0 atom stereocenters. The predicted molar refractivity (Wildman–Crippen MR) is 154 cm³/mol. The lowest BCUT2D eigenvalue weighted by atomic mass is 10.1. The topological polar surface area (TPSA) is 98.2 Å². The summed E-state index contributed by atoms with van der Waals surface area (Å²) in [5.74, 6) is 0.972. The Kier molecular flexibility index (Phi) is 9.77. The predicted octanol–water partition coefficient (Wildman–Crippen LogP) is 3.90. The third kappa shape index (κ3) is 6.68. The summed E-state index contributed by atoms with van der Waals surface area (Å²) in [4.78, 5) is 18.0. The number of rotatable bonds is 6. The summed E-state index contributed by atoms with van der Waals surface area (Å²) in [7, 11) is 4.56. The first-order valence-corrected chi connectivity index (χ1v) is 13.1. The lowest BCUT2D eigenvalue weighted by Crippen LogP contribution is -2.24. The quantitative estimate of drug-likeness (QED) is 0.444. The van der Waals surface area contributed by atoms with Gasteiger partial charge in [0.2, 0.25) is 5.75 Å². The van der Waals surface area contributed by atoms with E-state index in [1.54, 1.807) is 12.1 Å². The third-order valence-electron chi connectivity index (χ3n) is 6.53. The SMILES string of the molecule is C1CNCCNC1.COc1cc(C(=O)NC2=CC=CCC=C2c2nc3ccccn3c2C)cc(OC)c1OC. The molecule has 1 aliphatic heterocycles. The number of nitrogens with zero attached hydrogens (tertiary/aromatic N) is 2. The van der Waals surface area contributed by atoms with E-state index < -0.39 is 0 Å². The fraction of sp³-hybridized carbons (Fsp3) is 0.333. The number of nitrogens with one attached hydrogen (secondary N) is 3. The first kappa shape index (κ1) is 27.9. The number of carbonyl (C=O) groups excluding carboxylic acids is 1. The van der Waals surface area contributed by atoms with Crippen LogP contribution in [0.15, 0.2) is 66.5 Å². The van der Waals surface area contributed by atoms with Crippen LogP contribution < -0.4 is 30.2 Å². The smallest absolute Gasteiger partial charge is 0.255 e. The highest BCUT2D eigenvalue weighted by molar-refractivity contribution is 5.99. The molecular weight excluding hydrogens is 494 g/mol. The molecule has 0 unspecified atom stereocenters. The van der Waals surface area contributed by atoms with Crippen molar-refractivity contribution in [2.45, 2.75) is 19.8 Å². The van der Waals surface area contributed by atoms with Crippen molar-refractivity contribution in [3.8, 4) is 17.2 Å². The second-order valence-electron chi connectivity index (χ2n) is 9.06. The number of benzene rings is 1. The van der Waals surface area contributed by atoms with Gasteiger partial charge in [0.25, 0.3) is 5.91 Å². The summed E-state index contributed by atoms with van der Waals surface area (Å²) >= 11 is 0. The number of aromatic nitrogens is 2. The molecule has 9 nitrogen and oxygen atoms in total. The summed E-state index contributed by atoms with van der Waals surface area (Å²) < 4.78 is 18.2. The number of aryl methyl sites for hydroxylation is 1. The Morgan fingerprint density at radius 2 is 1.72 bits per heavy atom. The molecule has 1 amide bonds. The molecule has 3 heterocycles. The van der Waals surface area contributed by atoms with Crippen molar-refractivity contribution < 1.29 is 19.0 Å². The molecule has 1 fully saturated rings. The highest BCUT2D eigenvalue weighted by Crippen LogP contribution is 2.38. The fourth-order valence-electron chi connectivity index (χ4n) is 4.51. The van der Waals surface area contributed by atoms with E-state index in [9.17, 15) is 4.79 Å². The number of carbonyl (C=O) groups is 1. The van der Waals surface area contributed by atoms with Crippen molar-refractivity contribution in [2.24, 2.45) is 0 Å². The number of pyridine rings is 1. The second kappa shape index (κ2) is 13.6. The zero-order chi connectivity index (χ0) is 27.6. The Morgan fingerprint density at radius 3 is 2.36 bits per heavy atom. The fourth-order valence-corrected chi connectivity index (χ4v) is 4.51. The minimum Gasteiger partial charge on any atom is -0.493 e.